The second kappa shape index (κ2) is 11.4. The molecule has 6 nitrogen and oxygen atoms in total. The number of aliphatic hydroxyl groups excluding tert-OH is 1. The van der Waals surface area contributed by atoms with Gasteiger partial charge in [-0.25, -0.2) is 0 Å². The third-order valence-electron chi connectivity index (χ3n) is 12.6. The highest BCUT2D eigenvalue weighted by Crippen LogP contribution is 2.63. The van der Waals surface area contributed by atoms with Crippen molar-refractivity contribution in [2.75, 3.05) is 39.4 Å². The van der Waals surface area contributed by atoms with Gasteiger partial charge in [0.05, 0.1) is 18.8 Å². The predicted octanol–water partition coefficient (Wildman–Crippen LogP) is 5.78. The molecule has 0 amide bonds. The van der Waals surface area contributed by atoms with Crippen molar-refractivity contribution in [3.8, 4) is 0 Å². The normalized spacial score (nSPS) is 42.8. The zero-order valence-corrected chi connectivity index (χ0v) is 26.0. The van der Waals surface area contributed by atoms with Crippen LogP contribution in [0.25, 0.3) is 10.9 Å². The molecule has 9 rings (SSSR count). The van der Waals surface area contributed by atoms with Crippen molar-refractivity contribution < 1.29 is 10.2 Å². The van der Waals surface area contributed by atoms with E-state index in [1.807, 2.05) is 0 Å². The number of para-hydroxylation sites is 1. The van der Waals surface area contributed by atoms with E-state index >= 15 is 0 Å². The molecule has 6 aliphatic heterocycles. The molecule has 9 atom stereocenters. The number of nitrogens with one attached hydrogen (secondary N) is 1. The van der Waals surface area contributed by atoms with Gasteiger partial charge in [-0.15, -0.1) is 0 Å². The minimum atomic E-state index is -1.14. The molecule has 1 spiro atoms. The molecule has 1 aromatic heterocycles. The van der Waals surface area contributed by atoms with E-state index in [-0.39, 0.29) is 23.4 Å². The Labute approximate surface area is 257 Å². The number of H-pyrrole nitrogens is 1. The van der Waals surface area contributed by atoms with E-state index in [0.29, 0.717) is 12.3 Å². The van der Waals surface area contributed by atoms with Crippen molar-refractivity contribution in [2.24, 2.45) is 17.3 Å². The molecule has 2 unspecified atom stereocenters. The number of aliphatic hydroxyl groups is 2. The van der Waals surface area contributed by atoms with Crippen molar-refractivity contribution in [3.05, 3.63) is 59.8 Å². The number of allylic oxidation sites excluding steroid dienone is 4. The van der Waals surface area contributed by atoms with Gasteiger partial charge in [0.25, 0.3) is 0 Å². The van der Waals surface area contributed by atoms with Gasteiger partial charge in [0.1, 0.15) is 5.60 Å². The molecule has 7 aliphatic rings. The van der Waals surface area contributed by atoms with E-state index < -0.39 is 11.7 Å². The number of hydrogen-bond donors (Lipinski definition) is 3. The zero-order chi connectivity index (χ0) is 29.0. The standard InChI is InChI=1S/C37H52N4O2/c42-34-31-29-18-23-39-21-13-7-3-2-6-12-20-37(34,43)35-36(29,25-39)19-11-5-1-4-8-14-22-41(35)26-40-24-17-28-27-15-9-10-16-30(27)38-32(28)33(31)40/h1-2,5-6,9-10,15-16,29,31,33-35,38,42-43H,3-4,7-8,11-14,17-26H2/b5-1?,6-2+/t29-,31-,33+,34-,35+,36-,37-/m0/s1. The Bertz CT molecular complexity index is 1370. The molecule has 43 heavy (non-hydrogen) atoms. The first-order valence-electron chi connectivity index (χ1n) is 17.6. The second-order valence-corrected chi connectivity index (χ2v) is 14.9. The molecule has 7 heterocycles. The summed E-state index contributed by atoms with van der Waals surface area (Å²) < 4.78 is 0. The van der Waals surface area contributed by atoms with Gasteiger partial charge in [-0.1, -0.05) is 42.5 Å². The summed E-state index contributed by atoms with van der Waals surface area (Å²) in [5.74, 6) is 0.368. The molecular formula is C37H52N4O2. The summed E-state index contributed by atoms with van der Waals surface area (Å²) in [6.07, 6.45) is 21.6. The van der Waals surface area contributed by atoms with Gasteiger partial charge < -0.3 is 20.1 Å². The Morgan fingerprint density at radius 2 is 1.58 bits per heavy atom. The fraction of sp³-hybridized carbons (Fsp3) is 0.676. The van der Waals surface area contributed by atoms with Crippen LogP contribution in [-0.4, -0.2) is 87.0 Å². The van der Waals surface area contributed by atoms with Crippen LogP contribution in [0.4, 0.5) is 0 Å². The highest BCUT2D eigenvalue weighted by Gasteiger charge is 2.69. The fourth-order valence-electron chi connectivity index (χ4n) is 11.0. The van der Waals surface area contributed by atoms with Crippen LogP contribution in [-0.2, 0) is 6.42 Å². The van der Waals surface area contributed by atoms with Crippen LogP contribution in [0.2, 0.25) is 0 Å². The first-order chi connectivity index (χ1) is 21.1. The number of aromatic amines is 1. The van der Waals surface area contributed by atoms with Gasteiger partial charge in [-0.05, 0) is 114 Å². The van der Waals surface area contributed by atoms with Crippen LogP contribution < -0.4 is 0 Å². The van der Waals surface area contributed by atoms with Gasteiger partial charge in [0.15, 0.2) is 0 Å². The van der Waals surface area contributed by atoms with Crippen molar-refractivity contribution in [1.29, 1.82) is 0 Å². The summed E-state index contributed by atoms with van der Waals surface area (Å²) in [4.78, 5) is 12.1. The van der Waals surface area contributed by atoms with Crippen LogP contribution in [0, 0.1) is 17.3 Å². The molecule has 1 aliphatic carbocycles. The Morgan fingerprint density at radius 1 is 0.814 bits per heavy atom. The third kappa shape index (κ3) is 4.62. The van der Waals surface area contributed by atoms with E-state index in [4.69, 9.17) is 0 Å². The predicted molar refractivity (Wildman–Crippen MR) is 173 cm³/mol. The van der Waals surface area contributed by atoms with Gasteiger partial charge in [0.2, 0.25) is 0 Å². The van der Waals surface area contributed by atoms with Crippen molar-refractivity contribution in [3.63, 3.8) is 0 Å². The zero-order valence-electron chi connectivity index (χ0n) is 26.0. The van der Waals surface area contributed by atoms with Crippen LogP contribution in [0.5, 0.6) is 0 Å². The molecule has 1 saturated carbocycles. The lowest BCUT2D eigenvalue weighted by Gasteiger charge is -2.70. The highest BCUT2D eigenvalue weighted by molar-refractivity contribution is 5.85. The van der Waals surface area contributed by atoms with E-state index in [2.05, 4.69) is 68.3 Å². The van der Waals surface area contributed by atoms with E-state index in [1.165, 1.54) is 41.4 Å². The molecule has 3 saturated heterocycles. The molecule has 4 fully saturated rings. The quantitative estimate of drug-likeness (QED) is 0.343. The average molecular weight is 585 g/mol. The summed E-state index contributed by atoms with van der Waals surface area (Å²) in [5, 5.41) is 27.4. The summed E-state index contributed by atoms with van der Waals surface area (Å²) in [6.45, 7) is 6.20. The van der Waals surface area contributed by atoms with E-state index in [9.17, 15) is 10.2 Å². The van der Waals surface area contributed by atoms with Gasteiger partial charge in [-0.3, -0.25) is 9.80 Å². The lowest BCUT2D eigenvalue weighted by molar-refractivity contribution is -0.283. The Morgan fingerprint density at radius 3 is 2.44 bits per heavy atom. The summed E-state index contributed by atoms with van der Waals surface area (Å²) in [5.41, 5.74) is 2.78. The monoisotopic (exact) mass is 584 g/mol. The molecule has 6 heteroatoms. The van der Waals surface area contributed by atoms with Crippen LogP contribution >= 0.6 is 0 Å². The number of rotatable bonds is 0. The Kier molecular flexibility index (Phi) is 7.58. The smallest absolute Gasteiger partial charge is 0.107 e. The highest BCUT2D eigenvalue weighted by atomic mass is 16.3. The molecule has 0 radical (unpaired) electrons. The summed E-state index contributed by atoms with van der Waals surface area (Å²) in [6, 6.07) is 8.84. The Hall–Kier alpha value is -1.96. The lowest BCUT2D eigenvalue weighted by atomic mass is 9.46. The van der Waals surface area contributed by atoms with Crippen LogP contribution in [0.1, 0.15) is 87.9 Å². The van der Waals surface area contributed by atoms with Crippen LogP contribution in [0.15, 0.2) is 48.6 Å². The van der Waals surface area contributed by atoms with E-state index in [0.717, 1.165) is 90.8 Å². The van der Waals surface area contributed by atoms with Crippen LogP contribution in [0.3, 0.4) is 0 Å². The molecule has 3 N–H and O–H groups in total. The number of benzene rings is 1. The SMILES string of the molecule is O[C@H]1[C@@H]2[C@@H]3c4[nH]c5ccccc5c4CCN3CN3CCCCC=CCC[C@@]45CN(CCCC/C=C/CC[C@@]1(O)[C@H]34)CC[C@@H]25. The number of piperidine rings is 1. The second-order valence-electron chi connectivity index (χ2n) is 14.9. The van der Waals surface area contributed by atoms with E-state index in [1.54, 1.807) is 0 Å². The molecule has 1 aromatic carbocycles. The average Bonchev–Trinajstić information content (AvgIpc) is 3.36. The first kappa shape index (κ1) is 28.5. The maximum absolute atomic E-state index is 13.3. The number of fused-ring (bicyclic) bond motifs is 4. The minimum Gasteiger partial charge on any atom is -0.390 e. The van der Waals surface area contributed by atoms with Crippen molar-refractivity contribution in [1.82, 2.24) is 19.7 Å². The van der Waals surface area contributed by atoms with Gasteiger partial charge >= 0.3 is 0 Å². The van der Waals surface area contributed by atoms with Crippen molar-refractivity contribution in [2.45, 2.75) is 101 Å². The number of aromatic nitrogens is 1. The topological polar surface area (TPSA) is 66.0 Å². The van der Waals surface area contributed by atoms with Crippen molar-refractivity contribution >= 4 is 10.9 Å². The molecule has 2 aromatic rings. The minimum absolute atomic E-state index is 0.000813. The van der Waals surface area contributed by atoms with Gasteiger partial charge in [-0.2, -0.15) is 0 Å². The fourth-order valence-corrected chi connectivity index (χ4v) is 11.0. The third-order valence-corrected chi connectivity index (χ3v) is 12.6. The van der Waals surface area contributed by atoms with Gasteiger partial charge in [0, 0.05) is 47.1 Å². The largest absolute Gasteiger partial charge is 0.390 e. The molecule has 6 bridgehead atoms. The summed E-state index contributed by atoms with van der Waals surface area (Å²) >= 11 is 0. The maximum atomic E-state index is 13.3. The first-order valence-corrected chi connectivity index (χ1v) is 17.6. The molecular weight excluding hydrogens is 532 g/mol. The summed E-state index contributed by atoms with van der Waals surface area (Å²) in [7, 11) is 0. The number of hydrogen-bond acceptors (Lipinski definition) is 5. The number of nitrogens with zero attached hydrogens (tertiary/aromatic N) is 3. The lowest BCUT2D eigenvalue weighted by Crippen LogP contribution is -2.80. The Balaban J connectivity index is 1.35. The molecule has 232 valence electrons. The maximum Gasteiger partial charge on any atom is 0.107 e.